The zero-order chi connectivity index (χ0) is 18.9. The Labute approximate surface area is 170 Å². The van der Waals surface area contributed by atoms with Crippen molar-refractivity contribution >= 4 is 16.1 Å². The Hall–Kier alpha value is -3.45. The monoisotopic (exact) mass is 430 g/mol. The molecule has 0 aliphatic carbocycles. The molecule has 136 valence electrons. The van der Waals surface area contributed by atoms with Gasteiger partial charge in [0.25, 0.3) is 0 Å². The average molecular weight is 431 g/mol. The maximum atomic E-state index is 4.85. The summed E-state index contributed by atoms with van der Waals surface area (Å²) in [5.41, 5.74) is 5.72. The molecule has 0 saturated heterocycles. The van der Waals surface area contributed by atoms with Crippen LogP contribution in [0.15, 0.2) is 91.5 Å². The minimum absolute atomic E-state index is 0.850. The molecule has 0 radical (unpaired) electrons. The molecule has 2 aromatic carbocycles. The van der Waals surface area contributed by atoms with Gasteiger partial charge in [-0.3, -0.25) is 0 Å². The van der Waals surface area contributed by atoms with Gasteiger partial charge in [-0.2, -0.15) is 15.3 Å². The lowest BCUT2D eigenvalue weighted by Gasteiger charge is -2.05. The SMILES string of the molecule is Brn1cc(-c2cc(-c3cnn(-c4ccccc4)c3)nn2-c2ccccc2)cn1. The van der Waals surface area contributed by atoms with Crippen molar-refractivity contribution in [2.45, 2.75) is 0 Å². The highest BCUT2D eigenvalue weighted by atomic mass is 79.9. The number of aromatic nitrogens is 6. The predicted molar refractivity (Wildman–Crippen MR) is 112 cm³/mol. The third kappa shape index (κ3) is 3.05. The number of nitrogens with zero attached hydrogens (tertiary/aromatic N) is 6. The summed E-state index contributed by atoms with van der Waals surface area (Å²) in [4.78, 5) is 0. The molecular formula is C21H15BrN6. The van der Waals surface area contributed by atoms with Crippen LogP contribution in [0.2, 0.25) is 0 Å². The molecule has 0 bridgehead atoms. The number of hydrogen-bond donors (Lipinski definition) is 0. The highest BCUT2D eigenvalue weighted by Crippen LogP contribution is 2.29. The normalized spacial score (nSPS) is 11.0. The highest BCUT2D eigenvalue weighted by Gasteiger charge is 2.15. The first-order chi connectivity index (χ1) is 13.8. The molecule has 5 aromatic rings. The first-order valence-electron chi connectivity index (χ1n) is 8.75. The lowest BCUT2D eigenvalue weighted by Crippen LogP contribution is -1.98. The van der Waals surface area contributed by atoms with Gasteiger partial charge in [0.1, 0.15) is 0 Å². The molecule has 3 aromatic heterocycles. The van der Waals surface area contributed by atoms with Crippen molar-refractivity contribution in [3.63, 3.8) is 0 Å². The van der Waals surface area contributed by atoms with Crippen molar-refractivity contribution in [3.8, 4) is 33.9 Å². The zero-order valence-electron chi connectivity index (χ0n) is 14.7. The molecule has 6 nitrogen and oxygen atoms in total. The largest absolute Gasteiger partial charge is 0.240 e. The summed E-state index contributed by atoms with van der Waals surface area (Å²) in [5.74, 6) is 0. The van der Waals surface area contributed by atoms with Crippen molar-refractivity contribution in [2.24, 2.45) is 0 Å². The van der Waals surface area contributed by atoms with E-state index in [1.807, 2.05) is 94.8 Å². The molecule has 28 heavy (non-hydrogen) atoms. The Balaban J connectivity index is 1.62. The minimum atomic E-state index is 0.850. The Morgan fingerprint density at radius 2 is 1.39 bits per heavy atom. The molecule has 0 aliphatic heterocycles. The maximum Gasteiger partial charge on any atom is 0.0965 e. The topological polar surface area (TPSA) is 53.5 Å². The van der Waals surface area contributed by atoms with Gasteiger partial charge in [-0.25, -0.2) is 13.1 Å². The summed E-state index contributed by atoms with van der Waals surface area (Å²) in [6.45, 7) is 0. The Morgan fingerprint density at radius 1 is 0.714 bits per heavy atom. The fraction of sp³-hybridized carbons (Fsp3) is 0. The lowest BCUT2D eigenvalue weighted by molar-refractivity contribution is 0.880. The van der Waals surface area contributed by atoms with E-state index in [0.717, 1.165) is 33.9 Å². The van der Waals surface area contributed by atoms with Gasteiger partial charge in [-0.05, 0) is 30.3 Å². The summed E-state index contributed by atoms with van der Waals surface area (Å²) < 4.78 is 5.39. The molecule has 0 aliphatic rings. The van der Waals surface area contributed by atoms with Gasteiger partial charge < -0.3 is 0 Å². The first kappa shape index (κ1) is 16.7. The van der Waals surface area contributed by atoms with Crippen molar-refractivity contribution in [2.75, 3.05) is 0 Å². The van der Waals surface area contributed by atoms with Crippen molar-refractivity contribution in [3.05, 3.63) is 91.5 Å². The fourth-order valence-corrected chi connectivity index (χ4v) is 3.41. The van der Waals surface area contributed by atoms with Crippen LogP contribution >= 0.6 is 16.1 Å². The smallest absolute Gasteiger partial charge is 0.0965 e. The number of benzene rings is 2. The van der Waals surface area contributed by atoms with Crippen LogP contribution in [0.4, 0.5) is 0 Å². The van der Waals surface area contributed by atoms with Crippen LogP contribution in [0.5, 0.6) is 0 Å². The molecule has 0 fully saturated rings. The van der Waals surface area contributed by atoms with E-state index in [9.17, 15) is 0 Å². The highest BCUT2D eigenvalue weighted by molar-refractivity contribution is 9.08. The average Bonchev–Trinajstić information content (AvgIpc) is 3.48. The number of halogens is 1. The van der Waals surface area contributed by atoms with E-state index in [1.54, 1.807) is 3.71 Å². The van der Waals surface area contributed by atoms with E-state index in [-0.39, 0.29) is 0 Å². The van der Waals surface area contributed by atoms with E-state index in [0.29, 0.717) is 0 Å². The van der Waals surface area contributed by atoms with E-state index < -0.39 is 0 Å². The summed E-state index contributed by atoms with van der Waals surface area (Å²) in [5, 5.41) is 13.6. The Bertz CT molecular complexity index is 1220. The lowest BCUT2D eigenvalue weighted by atomic mass is 10.2. The van der Waals surface area contributed by atoms with E-state index >= 15 is 0 Å². The first-order valence-corrected chi connectivity index (χ1v) is 9.46. The van der Waals surface area contributed by atoms with Gasteiger partial charge >= 0.3 is 0 Å². The second kappa shape index (κ2) is 6.94. The number of hydrogen-bond acceptors (Lipinski definition) is 3. The van der Waals surface area contributed by atoms with Crippen LogP contribution in [0.3, 0.4) is 0 Å². The van der Waals surface area contributed by atoms with E-state index in [2.05, 4.69) is 32.4 Å². The molecule has 0 amide bonds. The standard InChI is InChI=1S/C21H15BrN6/c22-27-15-17(13-24-27)21-11-20(25-28(21)19-9-5-2-6-10-19)16-12-23-26(14-16)18-7-3-1-4-8-18/h1-15H. The van der Waals surface area contributed by atoms with Gasteiger partial charge in [0.05, 0.1) is 51.3 Å². The Kier molecular flexibility index (Phi) is 4.14. The van der Waals surface area contributed by atoms with Gasteiger partial charge in [-0.15, -0.1) is 0 Å². The second-order valence-corrected chi connectivity index (χ2v) is 7.02. The molecule has 3 heterocycles. The molecule has 7 heteroatoms. The predicted octanol–water partition coefficient (Wildman–Crippen LogP) is 4.75. The molecular weight excluding hydrogens is 416 g/mol. The number of para-hydroxylation sites is 2. The molecule has 0 saturated carbocycles. The number of rotatable bonds is 4. The zero-order valence-corrected chi connectivity index (χ0v) is 16.3. The Morgan fingerprint density at radius 3 is 2.07 bits per heavy atom. The third-order valence-electron chi connectivity index (χ3n) is 4.46. The summed E-state index contributed by atoms with van der Waals surface area (Å²) in [6, 6.07) is 22.2. The van der Waals surface area contributed by atoms with Gasteiger partial charge in [0.2, 0.25) is 0 Å². The van der Waals surface area contributed by atoms with Crippen LogP contribution in [0.25, 0.3) is 33.9 Å². The molecule has 5 rings (SSSR count). The summed E-state index contributed by atoms with van der Waals surface area (Å²) in [6.07, 6.45) is 7.54. The van der Waals surface area contributed by atoms with Gasteiger partial charge in [-0.1, -0.05) is 36.4 Å². The van der Waals surface area contributed by atoms with Crippen molar-refractivity contribution < 1.29 is 0 Å². The second-order valence-electron chi connectivity index (χ2n) is 6.29. The summed E-state index contributed by atoms with van der Waals surface area (Å²) in [7, 11) is 0. The van der Waals surface area contributed by atoms with Gasteiger partial charge in [0, 0.05) is 23.5 Å². The maximum absolute atomic E-state index is 4.85. The van der Waals surface area contributed by atoms with Crippen LogP contribution in [-0.2, 0) is 0 Å². The van der Waals surface area contributed by atoms with Crippen LogP contribution in [-0.4, -0.2) is 28.4 Å². The van der Waals surface area contributed by atoms with Gasteiger partial charge in [0.15, 0.2) is 0 Å². The van der Waals surface area contributed by atoms with Crippen molar-refractivity contribution in [1.82, 2.24) is 28.4 Å². The molecule has 0 spiro atoms. The van der Waals surface area contributed by atoms with Crippen LogP contribution in [0.1, 0.15) is 0 Å². The fourth-order valence-electron chi connectivity index (χ4n) is 3.10. The van der Waals surface area contributed by atoms with E-state index in [1.165, 1.54) is 0 Å². The molecule has 0 atom stereocenters. The molecule has 0 unspecified atom stereocenters. The third-order valence-corrected chi connectivity index (χ3v) is 4.85. The van der Waals surface area contributed by atoms with Crippen LogP contribution in [0, 0.1) is 0 Å². The van der Waals surface area contributed by atoms with Crippen molar-refractivity contribution in [1.29, 1.82) is 0 Å². The summed E-state index contributed by atoms with van der Waals surface area (Å²) >= 11 is 3.35. The minimum Gasteiger partial charge on any atom is -0.240 e. The molecule has 0 N–H and O–H groups in total. The quantitative estimate of drug-likeness (QED) is 0.413. The van der Waals surface area contributed by atoms with Crippen LogP contribution < -0.4 is 0 Å². The van der Waals surface area contributed by atoms with E-state index in [4.69, 9.17) is 5.10 Å².